The van der Waals surface area contributed by atoms with E-state index in [1.54, 1.807) is 0 Å². The molecule has 5 nitrogen and oxygen atoms in total. The van der Waals surface area contributed by atoms with E-state index in [1.165, 1.54) is 0 Å². The van der Waals surface area contributed by atoms with Crippen LogP contribution in [0.5, 0.6) is 0 Å². The van der Waals surface area contributed by atoms with Gasteiger partial charge in [-0.1, -0.05) is 0 Å². The number of anilines is 2. The number of nitrogens with two attached hydrogens (primary N) is 1. The van der Waals surface area contributed by atoms with Gasteiger partial charge in [-0.15, -0.1) is 0 Å². The van der Waals surface area contributed by atoms with Crippen molar-refractivity contribution in [3.63, 3.8) is 0 Å². The van der Waals surface area contributed by atoms with E-state index in [9.17, 15) is 4.79 Å². The molecule has 1 amide bonds. The monoisotopic (exact) mass is 206 g/mol. The van der Waals surface area contributed by atoms with Gasteiger partial charge in [0.15, 0.2) is 0 Å². The highest BCUT2D eigenvalue weighted by molar-refractivity contribution is 5.82. The molecule has 80 valence electrons. The normalized spacial score (nSPS) is 16.3. The van der Waals surface area contributed by atoms with Crippen molar-refractivity contribution in [1.29, 1.82) is 0 Å². The van der Waals surface area contributed by atoms with Crippen LogP contribution in [-0.2, 0) is 4.79 Å². The molecule has 1 aromatic heterocycles. The zero-order chi connectivity index (χ0) is 10.8. The Morgan fingerprint density at radius 1 is 1.53 bits per heavy atom. The van der Waals surface area contributed by atoms with Crippen LogP contribution in [0.3, 0.4) is 0 Å². The molecule has 0 atom stereocenters. The number of aromatic nitrogens is 1. The van der Waals surface area contributed by atoms with Gasteiger partial charge < -0.3 is 16.0 Å². The van der Waals surface area contributed by atoms with E-state index in [-0.39, 0.29) is 5.91 Å². The van der Waals surface area contributed by atoms with Crippen LogP contribution >= 0.6 is 0 Å². The molecule has 3 N–H and O–H groups in total. The predicted molar refractivity (Wildman–Crippen MR) is 58.6 cm³/mol. The number of aryl methyl sites for hydroxylation is 1. The number of nitrogens with zero attached hydrogens (tertiary/aromatic N) is 2. The maximum atomic E-state index is 11.2. The Balaban J connectivity index is 2.21. The summed E-state index contributed by atoms with van der Waals surface area (Å²) in [5, 5.41) is 2.77. The van der Waals surface area contributed by atoms with Gasteiger partial charge in [0.05, 0.1) is 17.9 Å². The largest absolute Gasteiger partial charge is 0.397 e. The van der Waals surface area contributed by atoms with E-state index in [0.717, 1.165) is 18.1 Å². The molecule has 2 heterocycles. The second-order valence-corrected chi connectivity index (χ2v) is 3.62. The van der Waals surface area contributed by atoms with E-state index >= 15 is 0 Å². The van der Waals surface area contributed by atoms with E-state index in [4.69, 9.17) is 5.73 Å². The number of carbonyl (C=O) groups excluding carboxylic acids is 1. The molecular formula is C10H14N4O. The van der Waals surface area contributed by atoms with Crippen molar-refractivity contribution in [1.82, 2.24) is 10.3 Å². The topological polar surface area (TPSA) is 71.2 Å². The number of pyridine rings is 1. The molecule has 15 heavy (non-hydrogen) atoms. The van der Waals surface area contributed by atoms with E-state index in [2.05, 4.69) is 10.3 Å². The lowest BCUT2D eigenvalue weighted by Gasteiger charge is -2.27. The molecule has 1 aliphatic rings. The molecule has 0 spiro atoms. The van der Waals surface area contributed by atoms with Crippen molar-refractivity contribution in [3.05, 3.63) is 17.8 Å². The van der Waals surface area contributed by atoms with Crippen molar-refractivity contribution in [2.24, 2.45) is 0 Å². The van der Waals surface area contributed by atoms with E-state index in [1.807, 2.05) is 24.0 Å². The van der Waals surface area contributed by atoms with Crippen molar-refractivity contribution < 1.29 is 4.79 Å². The number of carbonyl (C=O) groups is 1. The lowest BCUT2D eigenvalue weighted by Crippen LogP contribution is -2.48. The molecule has 5 heteroatoms. The summed E-state index contributed by atoms with van der Waals surface area (Å²) in [6, 6.07) is 3.67. The minimum atomic E-state index is 0.0394. The van der Waals surface area contributed by atoms with Crippen molar-refractivity contribution >= 4 is 17.4 Å². The first kappa shape index (κ1) is 9.76. The summed E-state index contributed by atoms with van der Waals surface area (Å²) in [7, 11) is 0. The Bertz CT molecular complexity index is 391. The summed E-state index contributed by atoms with van der Waals surface area (Å²) >= 11 is 0. The summed E-state index contributed by atoms with van der Waals surface area (Å²) < 4.78 is 0. The number of piperazine rings is 1. The second-order valence-electron chi connectivity index (χ2n) is 3.62. The van der Waals surface area contributed by atoms with Crippen LogP contribution in [0.1, 0.15) is 5.69 Å². The third kappa shape index (κ3) is 2.01. The molecule has 0 aliphatic carbocycles. The molecule has 1 saturated heterocycles. The smallest absolute Gasteiger partial charge is 0.239 e. The van der Waals surface area contributed by atoms with Crippen LogP contribution in [0.15, 0.2) is 12.1 Å². The van der Waals surface area contributed by atoms with Crippen molar-refractivity contribution in [3.8, 4) is 0 Å². The highest BCUT2D eigenvalue weighted by Crippen LogP contribution is 2.16. The summed E-state index contributed by atoms with van der Waals surface area (Å²) in [6.07, 6.45) is 0. The highest BCUT2D eigenvalue weighted by atomic mass is 16.2. The molecule has 0 radical (unpaired) electrons. The molecule has 1 fully saturated rings. The average molecular weight is 206 g/mol. The molecule has 0 unspecified atom stereocenters. The van der Waals surface area contributed by atoms with Gasteiger partial charge in [-0.2, -0.15) is 0 Å². The Morgan fingerprint density at radius 2 is 2.33 bits per heavy atom. The summed E-state index contributed by atoms with van der Waals surface area (Å²) in [6.45, 7) is 3.70. The fourth-order valence-corrected chi connectivity index (χ4v) is 1.57. The van der Waals surface area contributed by atoms with Crippen molar-refractivity contribution in [2.45, 2.75) is 6.92 Å². The summed E-state index contributed by atoms with van der Waals surface area (Å²) in [5.74, 6) is 0.856. The summed E-state index contributed by atoms with van der Waals surface area (Å²) in [4.78, 5) is 17.5. The van der Waals surface area contributed by atoms with Gasteiger partial charge in [-0.05, 0) is 19.1 Å². The molecule has 1 aliphatic heterocycles. The zero-order valence-corrected chi connectivity index (χ0v) is 8.66. The second kappa shape index (κ2) is 3.76. The lowest BCUT2D eigenvalue weighted by molar-refractivity contribution is -0.120. The molecule has 0 aromatic carbocycles. The number of nitrogens with one attached hydrogen (secondary N) is 1. The number of hydrogen-bond acceptors (Lipinski definition) is 4. The minimum Gasteiger partial charge on any atom is -0.397 e. The van der Waals surface area contributed by atoms with Gasteiger partial charge >= 0.3 is 0 Å². The van der Waals surface area contributed by atoms with Crippen LogP contribution in [0.2, 0.25) is 0 Å². The van der Waals surface area contributed by atoms with Crippen LogP contribution in [0, 0.1) is 6.92 Å². The average Bonchev–Trinajstić information content (AvgIpc) is 2.22. The number of nitrogen functional groups attached to an aromatic ring is 1. The van der Waals surface area contributed by atoms with Gasteiger partial charge in [0.2, 0.25) is 5.91 Å². The Kier molecular flexibility index (Phi) is 2.45. The molecule has 0 bridgehead atoms. The van der Waals surface area contributed by atoms with Gasteiger partial charge in [-0.3, -0.25) is 4.79 Å². The SMILES string of the molecule is Cc1nc(N2CCNC(=O)C2)ccc1N. The molecule has 0 saturated carbocycles. The fraction of sp³-hybridized carbons (Fsp3) is 0.400. The van der Waals surface area contributed by atoms with Crippen LogP contribution in [0.25, 0.3) is 0 Å². The first-order chi connectivity index (χ1) is 7.16. The summed E-state index contributed by atoms with van der Waals surface area (Å²) in [5.41, 5.74) is 7.17. The molecule has 2 rings (SSSR count). The van der Waals surface area contributed by atoms with Gasteiger partial charge in [0, 0.05) is 13.1 Å². The number of hydrogen-bond donors (Lipinski definition) is 2. The number of rotatable bonds is 1. The quantitative estimate of drug-likeness (QED) is 0.673. The van der Waals surface area contributed by atoms with Gasteiger partial charge in [0.1, 0.15) is 5.82 Å². The molecular weight excluding hydrogens is 192 g/mol. The third-order valence-electron chi connectivity index (χ3n) is 2.47. The maximum absolute atomic E-state index is 11.2. The first-order valence-electron chi connectivity index (χ1n) is 4.91. The lowest BCUT2D eigenvalue weighted by atomic mass is 10.3. The van der Waals surface area contributed by atoms with E-state index < -0.39 is 0 Å². The van der Waals surface area contributed by atoms with Crippen molar-refractivity contribution in [2.75, 3.05) is 30.3 Å². The Morgan fingerprint density at radius 3 is 3.00 bits per heavy atom. The molecule has 1 aromatic rings. The zero-order valence-electron chi connectivity index (χ0n) is 8.66. The number of amides is 1. The third-order valence-corrected chi connectivity index (χ3v) is 2.47. The maximum Gasteiger partial charge on any atom is 0.239 e. The van der Waals surface area contributed by atoms with Gasteiger partial charge in [0.25, 0.3) is 0 Å². The Labute approximate surface area is 88.3 Å². The fourth-order valence-electron chi connectivity index (χ4n) is 1.57. The van der Waals surface area contributed by atoms with Crippen LogP contribution < -0.4 is 16.0 Å². The van der Waals surface area contributed by atoms with E-state index in [0.29, 0.717) is 18.8 Å². The van der Waals surface area contributed by atoms with Crippen LogP contribution in [0.4, 0.5) is 11.5 Å². The standard InChI is InChI=1S/C10H14N4O/c1-7-8(11)2-3-9(13-7)14-5-4-12-10(15)6-14/h2-3H,4-6,11H2,1H3,(H,12,15). The van der Waals surface area contributed by atoms with Gasteiger partial charge in [-0.25, -0.2) is 4.98 Å². The highest BCUT2D eigenvalue weighted by Gasteiger charge is 2.17. The predicted octanol–water partition coefficient (Wildman–Crippen LogP) is -0.0916. The Hall–Kier alpha value is -1.78. The minimum absolute atomic E-state index is 0.0394. The first-order valence-corrected chi connectivity index (χ1v) is 4.91. The van der Waals surface area contributed by atoms with Crippen LogP contribution in [-0.4, -0.2) is 30.5 Å².